The Kier molecular flexibility index (Phi) is 4.99. The molecule has 1 aromatic rings. The van der Waals surface area contributed by atoms with Gasteiger partial charge in [0.25, 0.3) is 0 Å². The molecule has 21 heavy (non-hydrogen) atoms. The molecule has 0 radical (unpaired) electrons. The molecule has 3 heteroatoms. The molecule has 0 N–H and O–H groups in total. The third-order valence-electron chi connectivity index (χ3n) is 5.41. The van der Waals surface area contributed by atoms with Gasteiger partial charge in [-0.25, -0.2) is 4.98 Å². The molecule has 1 aromatic heterocycles. The maximum atomic E-state index is 4.73. The van der Waals surface area contributed by atoms with E-state index in [-0.39, 0.29) is 0 Å². The molecule has 2 aliphatic rings. The van der Waals surface area contributed by atoms with E-state index in [9.17, 15) is 0 Å². The Bertz CT molecular complexity index is 445. The first-order valence-corrected chi connectivity index (χ1v) is 9.02. The van der Waals surface area contributed by atoms with E-state index in [1.165, 1.54) is 76.1 Å². The lowest BCUT2D eigenvalue weighted by molar-refractivity contribution is 0.231. The molecule has 3 nitrogen and oxygen atoms in total. The highest BCUT2D eigenvalue weighted by atomic mass is 15.2. The van der Waals surface area contributed by atoms with Crippen LogP contribution in [-0.4, -0.2) is 34.1 Å². The number of likely N-dealkylation sites (tertiary alicyclic amines) is 1. The number of imidazole rings is 1. The van der Waals surface area contributed by atoms with E-state index >= 15 is 0 Å². The van der Waals surface area contributed by atoms with E-state index in [4.69, 9.17) is 4.98 Å². The summed E-state index contributed by atoms with van der Waals surface area (Å²) in [6.07, 6.45) is 11.9. The number of rotatable bonds is 5. The van der Waals surface area contributed by atoms with Crippen LogP contribution < -0.4 is 0 Å². The molecule has 3 rings (SSSR count). The van der Waals surface area contributed by atoms with E-state index in [0.29, 0.717) is 5.92 Å². The Hall–Kier alpha value is -0.830. The van der Waals surface area contributed by atoms with Crippen molar-refractivity contribution in [2.24, 2.45) is 5.92 Å². The van der Waals surface area contributed by atoms with E-state index in [1.54, 1.807) is 0 Å². The van der Waals surface area contributed by atoms with E-state index in [0.717, 1.165) is 12.5 Å². The topological polar surface area (TPSA) is 21.1 Å². The standard InChI is InChI=1S/C18H31N3/c1-3-10-21-15(2)12-19-18(21)17-9-11-20(14-17)13-16-7-5-4-6-8-16/h12,16-17H,3-11,13-14H2,1-2H3. The first-order chi connectivity index (χ1) is 10.3. The summed E-state index contributed by atoms with van der Waals surface area (Å²) < 4.78 is 2.45. The highest BCUT2D eigenvalue weighted by Crippen LogP contribution is 2.30. The minimum Gasteiger partial charge on any atom is -0.332 e. The first-order valence-electron chi connectivity index (χ1n) is 9.02. The summed E-state index contributed by atoms with van der Waals surface area (Å²) in [4.78, 5) is 7.44. The van der Waals surface area contributed by atoms with Crippen LogP contribution >= 0.6 is 0 Å². The zero-order valence-corrected chi connectivity index (χ0v) is 13.9. The van der Waals surface area contributed by atoms with Gasteiger partial charge in [0.1, 0.15) is 5.82 Å². The van der Waals surface area contributed by atoms with Crippen molar-refractivity contribution >= 4 is 0 Å². The minimum atomic E-state index is 0.661. The van der Waals surface area contributed by atoms with Crippen molar-refractivity contribution in [1.29, 1.82) is 0 Å². The van der Waals surface area contributed by atoms with Gasteiger partial charge < -0.3 is 9.47 Å². The highest BCUT2D eigenvalue weighted by Gasteiger charge is 2.29. The highest BCUT2D eigenvalue weighted by molar-refractivity contribution is 5.10. The van der Waals surface area contributed by atoms with Gasteiger partial charge in [0, 0.05) is 37.4 Å². The maximum absolute atomic E-state index is 4.73. The van der Waals surface area contributed by atoms with Crippen LogP contribution in [0.2, 0.25) is 0 Å². The van der Waals surface area contributed by atoms with Gasteiger partial charge >= 0.3 is 0 Å². The molecule has 118 valence electrons. The van der Waals surface area contributed by atoms with Gasteiger partial charge in [-0.2, -0.15) is 0 Å². The van der Waals surface area contributed by atoms with Crippen LogP contribution in [0.4, 0.5) is 0 Å². The Morgan fingerprint density at radius 1 is 1.19 bits per heavy atom. The predicted molar refractivity (Wildman–Crippen MR) is 87.6 cm³/mol. The third-order valence-corrected chi connectivity index (χ3v) is 5.41. The summed E-state index contributed by atoms with van der Waals surface area (Å²) in [5.41, 5.74) is 1.33. The summed E-state index contributed by atoms with van der Waals surface area (Å²) >= 11 is 0. The van der Waals surface area contributed by atoms with Gasteiger partial charge in [-0.15, -0.1) is 0 Å². The molecule has 1 saturated heterocycles. The molecule has 2 heterocycles. The SMILES string of the molecule is CCCn1c(C)cnc1C1CCN(CC2CCCCC2)C1. The fourth-order valence-corrected chi connectivity index (χ4v) is 4.26. The molecule has 0 bridgehead atoms. The van der Waals surface area contributed by atoms with Crippen molar-refractivity contribution in [2.45, 2.75) is 71.3 Å². The van der Waals surface area contributed by atoms with Crippen molar-refractivity contribution in [3.05, 3.63) is 17.7 Å². The monoisotopic (exact) mass is 289 g/mol. The smallest absolute Gasteiger partial charge is 0.113 e. The molecule has 0 spiro atoms. The Labute approximate surface area is 129 Å². The van der Waals surface area contributed by atoms with Crippen LogP contribution in [0, 0.1) is 12.8 Å². The fourth-order valence-electron chi connectivity index (χ4n) is 4.26. The molecular formula is C18H31N3. The summed E-state index contributed by atoms with van der Waals surface area (Å²) in [6.45, 7) is 9.42. The minimum absolute atomic E-state index is 0.661. The van der Waals surface area contributed by atoms with Gasteiger partial charge in [-0.3, -0.25) is 0 Å². The van der Waals surface area contributed by atoms with Gasteiger partial charge in [0.15, 0.2) is 0 Å². The molecule has 1 saturated carbocycles. The number of hydrogen-bond donors (Lipinski definition) is 0. The number of hydrogen-bond acceptors (Lipinski definition) is 2. The van der Waals surface area contributed by atoms with E-state index in [2.05, 4.69) is 29.5 Å². The Morgan fingerprint density at radius 3 is 2.76 bits per heavy atom. The van der Waals surface area contributed by atoms with Crippen LogP contribution in [0.1, 0.15) is 69.3 Å². The van der Waals surface area contributed by atoms with Crippen LogP contribution in [0.5, 0.6) is 0 Å². The second kappa shape index (κ2) is 6.95. The van der Waals surface area contributed by atoms with Crippen molar-refractivity contribution in [2.75, 3.05) is 19.6 Å². The van der Waals surface area contributed by atoms with Gasteiger partial charge in [0.05, 0.1) is 0 Å². The average Bonchev–Trinajstić information content (AvgIpc) is 3.09. The molecular weight excluding hydrogens is 258 g/mol. The normalized spacial score (nSPS) is 24.8. The lowest BCUT2D eigenvalue weighted by Crippen LogP contribution is -2.28. The Balaban J connectivity index is 1.58. The number of aromatic nitrogens is 2. The quantitative estimate of drug-likeness (QED) is 0.818. The Morgan fingerprint density at radius 2 is 2.00 bits per heavy atom. The predicted octanol–water partition coefficient (Wildman–Crippen LogP) is 3.97. The summed E-state index contributed by atoms with van der Waals surface area (Å²) in [6, 6.07) is 0. The molecule has 1 atom stereocenters. The van der Waals surface area contributed by atoms with Crippen LogP contribution in [-0.2, 0) is 6.54 Å². The molecule has 0 aromatic carbocycles. The van der Waals surface area contributed by atoms with Crippen molar-refractivity contribution in [1.82, 2.24) is 14.5 Å². The second-order valence-corrected chi connectivity index (χ2v) is 7.16. The van der Waals surface area contributed by atoms with Crippen molar-refractivity contribution < 1.29 is 0 Å². The van der Waals surface area contributed by atoms with Gasteiger partial charge in [0.2, 0.25) is 0 Å². The lowest BCUT2D eigenvalue weighted by atomic mass is 9.89. The largest absolute Gasteiger partial charge is 0.332 e. The van der Waals surface area contributed by atoms with Crippen molar-refractivity contribution in [3.8, 4) is 0 Å². The van der Waals surface area contributed by atoms with Crippen molar-refractivity contribution in [3.63, 3.8) is 0 Å². The fraction of sp³-hybridized carbons (Fsp3) is 0.833. The van der Waals surface area contributed by atoms with E-state index in [1.807, 2.05) is 0 Å². The molecule has 2 fully saturated rings. The molecule has 1 aliphatic heterocycles. The molecule has 1 aliphatic carbocycles. The summed E-state index contributed by atoms with van der Waals surface area (Å²) in [5.74, 6) is 2.98. The van der Waals surface area contributed by atoms with Crippen LogP contribution in [0.15, 0.2) is 6.20 Å². The first kappa shape index (κ1) is 15.1. The van der Waals surface area contributed by atoms with Crippen LogP contribution in [0.25, 0.3) is 0 Å². The summed E-state index contributed by atoms with van der Waals surface area (Å²) in [5, 5.41) is 0. The lowest BCUT2D eigenvalue weighted by Gasteiger charge is -2.26. The average molecular weight is 289 g/mol. The molecule has 1 unspecified atom stereocenters. The second-order valence-electron chi connectivity index (χ2n) is 7.16. The zero-order chi connectivity index (χ0) is 14.7. The van der Waals surface area contributed by atoms with Gasteiger partial charge in [-0.05, 0) is 45.1 Å². The summed E-state index contributed by atoms with van der Waals surface area (Å²) in [7, 11) is 0. The maximum Gasteiger partial charge on any atom is 0.113 e. The van der Waals surface area contributed by atoms with Gasteiger partial charge in [-0.1, -0.05) is 26.2 Å². The van der Waals surface area contributed by atoms with E-state index < -0.39 is 0 Å². The number of nitrogens with zero attached hydrogens (tertiary/aromatic N) is 3. The molecule has 0 amide bonds. The number of aryl methyl sites for hydroxylation is 1. The third kappa shape index (κ3) is 3.50. The van der Waals surface area contributed by atoms with Crippen LogP contribution in [0.3, 0.4) is 0 Å². The zero-order valence-electron chi connectivity index (χ0n) is 13.9.